The number of hydrogen-bond acceptors (Lipinski definition) is 7. The van der Waals surface area contributed by atoms with E-state index in [1.165, 1.54) is 13.2 Å². The number of aryl methyl sites for hydroxylation is 1. The van der Waals surface area contributed by atoms with E-state index in [9.17, 15) is 18.0 Å². The van der Waals surface area contributed by atoms with Crippen LogP contribution >= 0.6 is 0 Å². The summed E-state index contributed by atoms with van der Waals surface area (Å²) in [5.41, 5.74) is 0.322. The standard InChI is InChI=1S/C33H43F3N6O3.C2H6/c1-8-28(44-7)27(19-22(3)33(34,35)36)39-32(43)38-26-15-12-16-29(25-14-11-10-13-24(25)26)45-31-20-23(4)37-30(40-31)21-42(9-2)18-17-41(5)6;1-2/h8,10-11,13-14,19-20H,1,9,12,15-18,21H2,2-7H3,(H2,38,39,43);1-2H3/b22-19+,28-27-;. The van der Waals surface area contributed by atoms with Crippen molar-refractivity contribution in [3.63, 3.8) is 0 Å². The molecule has 1 aromatic heterocycles. The van der Waals surface area contributed by atoms with Crippen molar-refractivity contribution in [1.82, 2.24) is 30.4 Å². The Morgan fingerprint density at radius 2 is 1.79 bits per heavy atom. The molecule has 1 heterocycles. The minimum Gasteiger partial charge on any atom is -0.495 e. The molecule has 0 unspecified atom stereocenters. The van der Waals surface area contributed by atoms with E-state index in [2.05, 4.69) is 38.9 Å². The van der Waals surface area contributed by atoms with Crippen molar-refractivity contribution < 1.29 is 27.4 Å². The van der Waals surface area contributed by atoms with Gasteiger partial charge in [0.2, 0.25) is 5.88 Å². The van der Waals surface area contributed by atoms with Crippen LogP contribution in [0, 0.1) is 6.92 Å². The molecule has 0 spiro atoms. The molecular weight excluding hydrogens is 609 g/mol. The zero-order valence-electron chi connectivity index (χ0n) is 28.8. The highest BCUT2D eigenvalue weighted by Crippen LogP contribution is 2.26. The lowest BCUT2D eigenvalue weighted by molar-refractivity contribution is -0.0914. The number of aromatic nitrogens is 2. The topological polar surface area (TPSA) is 91.8 Å². The van der Waals surface area contributed by atoms with Gasteiger partial charge in [-0.05, 0) is 59.5 Å². The van der Waals surface area contributed by atoms with E-state index in [-0.39, 0.29) is 11.5 Å². The van der Waals surface area contributed by atoms with Crippen molar-refractivity contribution in [1.29, 1.82) is 0 Å². The summed E-state index contributed by atoms with van der Waals surface area (Å²) in [5, 5.41) is 6.87. The van der Waals surface area contributed by atoms with Crippen LogP contribution in [-0.4, -0.2) is 72.8 Å². The Hall–Kier alpha value is -4.16. The molecule has 0 radical (unpaired) electrons. The number of amides is 2. The molecule has 0 aliphatic heterocycles. The quantitative estimate of drug-likeness (QED) is 0.216. The van der Waals surface area contributed by atoms with E-state index in [0.717, 1.165) is 48.8 Å². The molecule has 0 saturated carbocycles. The van der Waals surface area contributed by atoms with Crippen molar-refractivity contribution in [3.05, 3.63) is 88.0 Å². The Kier molecular flexibility index (Phi) is 15.7. The van der Waals surface area contributed by atoms with Crippen LogP contribution in [0.25, 0.3) is 11.5 Å². The number of carbonyl (C=O) groups is 1. The van der Waals surface area contributed by atoms with Gasteiger partial charge in [-0.3, -0.25) is 4.90 Å². The lowest BCUT2D eigenvalue weighted by Crippen LogP contribution is -2.39. The molecule has 0 fully saturated rings. The number of methoxy groups -OCH3 is 1. The minimum absolute atomic E-state index is 0.0108. The third-order valence-electron chi connectivity index (χ3n) is 7.16. The number of alkyl halides is 3. The van der Waals surface area contributed by atoms with Crippen LogP contribution < -0.4 is 25.8 Å². The van der Waals surface area contributed by atoms with E-state index in [0.29, 0.717) is 49.0 Å². The van der Waals surface area contributed by atoms with E-state index < -0.39 is 17.8 Å². The van der Waals surface area contributed by atoms with Crippen LogP contribution in [0.5, 0.6) is 5.88 Å². The number of likely N-dealkylation sites (N-methyl/N-ethyl adjacent to an activating group) is 2. The van der Waals surface area contributed by atoms with Gasteiger partial charge in [0.15, 0.2) is 0 Å². The number of rotatable bonds is 13. The maximum atomic E-state index is 13.3. The summed E-state index contributed by atoms with van der Waals surface area (Å²) in [6.45, 7) is 15.8. The highest BCUT2D eigenvalue weighted by atomic mass is 19.4. The van der Waals surface area contributed by atoms with Crippen LogP contribution in [0.3, 0.4) is 0 Å². The molecule has 2 amide bonds. The number of benzene rings is 1. The monoisotopic (exact) mass is 658 g/mol. The van der Waals surface area contributed by atoms with Gasteiger partial charge in [-0.25, -0.2) is 9.78 Å². The lowest BCUT2D eigenvalue weighted by Gasteiger charge is -2.22. The lowest BCUT2D eigenvalue weighted by atomic mass is 10.2. The number of nitrogens with zero attached hydrogens (tertiary/aromatic N) is 4. The highest BCUT2D eigenvalue weighted by Gasteiger charge is 2.30. The van der Waals surface area contributed by atoms with E-state index in [4.69, 9.17) is 14.5 Å². The predicted octanol–water partition coefficient (Wildman–Crippen LogP) is 5.53. The summed E-state index contributed by atoms with van der Waals surface area (Å²) < 4.78 is 51.3. The largest absolute Gasteiger partial charge is 0.495 e. The normalized spacial score (nSPS) is 14.0. The highest BCUT2D eigenvalue weighted by molar-refractivity contribution is 5.83. The zero-order valence-corrected chi connectivity index (χ0v) is 28.8. The van der Waals surface area contributed by atoms with E-state index >= 15 is 0 Å². The van der Waals surface area contributed by atoms with Gasteiger partial charge in [0, 0.05) is 53.0 Å². The average Bonchev–Trinajstić information content (AvgIpc) is 3.19. The Morgan fingerprint density at radius 3 is 2.38 bits per heavy atom. The van der Waals surface area contributed by atoms with Gasteiger partial charge < -0.3 is 25.0 Å². The maximum absolute atomic E-state index is 13.3. The molecule has 3 rings (SSSR count). The molecule has 1 aliphatic carbocycles. The van der Waals surface area contributed by atoms with Crippen LogP contribution in [0.1, 0.15) is 58.5 Å². The first-order chi connectivity index (χ1) is 22.3. The summed E-state index contributed by atoms with van der Waals surface area (Å²) in [7, 11) is 5.37. The summed E-state index contributed by atoms with van der Waals surface area (Å²) in [6.07, 6.45) is -0.809. The number of halogens is 3. The number of carbonyl (C=O) groups excluding carboxylic acids is 1. The van der Waals surface area contributed by atoms with E-state index in [1.54, 1.807) is 6.07 Å². The molecule has 2 N–H and O–H groups in total. The van der Waals surface area contributed by atoms with Crippen molar-refractivity contribution in [2.75, 3.05) is 40.8 Å². The molecule has 1 aliphatic rings. The van der Waals surface area contributed by atoms with Crippen molar-refractivity contribution in [3.8, 4) is 5.88 Å². The van der Waals surface area contributed by atoms with Gasteiger partial charge in [0.1, 0.15) is 17.3 Å². The van der Waals surface area contributed by atoms with Gasteiger partial charge in [-0.15, -0.1) is 0 Å². The van der Waals surface area contributed by atoms with Gasteiger partial charge in [-0.2, -0.15) is 18.2 Å². The van der Waals surface area contributed by atoms with Gasteiger partial charge in [0.25, 0.3) is 0 Å². The SMILES string of the molecule is C=C/C(OC)=C(\C=C(/C)C(F)(F)F)NC(=O)NC1=c2ccccc2=C(Oc2cc(C)nc(CN(CC)CCN(C)C)n2)CCC1.CC. The van der Waals surface area contributed by atoms with Crippen molar-refractivity contribution in [2.24, 2.45) is 0 Å². The number of nitrogens with one attached hydrogen (secondary N) is 2. The summed E-state index contributed by atoms with van der Waals surface area (Å²) in [4.78, 5) is 26.9. The van der Waals surface area contributed by atoms with Gasteiger partial charge in [-0.1, -0.05) is 51.6 Å². The van der Waals surface area contributed by atoms with Gasteiger partial charge >= 0.3 is 12.2 Å². The molecule has 2 aromatic rings. The third-order valence-corrected chi connectivity index (χ3v) is 7.16. The average molecular weight is 659 g/mol. The molecule has 0 bridgehead atoms. The first kappa shape index (κ1) is 39.0. The maximum Gasteiger partial charge on any atom is 0.412 e. The molecular formula is C35H49F3N6O3. The second kappa shape index (κ2) is 18.9. The zero-order chi connectivity index (χ0) is 35.1. The fourth-order valence-electron chi connectivity index (χ4n) is 4.72. The van der Waals surface area contributed by atoms with Crippen LogP contribution in [0.2, 0.25) is 0 Å². The number of hydrogen-bond donors (Lipinski definition) is 2. The Labute approximate surface area is 276 Å². The molecule has 12 heteroatoms. The Morgan fingerprint density at radius 1 is 1.11 bits per heavy atom. The number of ether oxygens (including phenoxy) is 2. The molecule has 0 atom stereocenters. The smallest absolute Gasteiger partial charge is 0.412 e. The fraction of sp³-hybridized carbons (Fsp3) is 0.457. The van der Waals surface area contributed by atoms with Crippen molar-refractivity contribution in [2.45, 2.75) is 66.6 Å². The third kappa shape index (κ3) is 12.2. The van der Waals surface area contributed by atoms with Crippen LogP contribution in [0.15, 0.2) is 66.1 Å². The van der Waals surface area contributed by atoms with Crippen LogP contribution in [0.4, 0.5) is 18.0 Å². The summed E-state index contributed by atoms with van der Waals surface area (Å²) in [6, 6.07) is 8.59. The molecule has 0 saturated heterocycles. The molecule has 1 aromatic carbocycles. The Balaban J connectivity index is 0.00000376. The second-order valence-corrected chi connectivity index (χ2v) is 10.9. The predicted molar refractivity (Wildman–Crippen MR) is 180 cm³/mol. The first-order valence-electron chi connectivity index (χ1n) is 15.8. The number of urea groups is 1. The summed E-state index contributed by atoms with van der Waals surface area (Å²) >= 11 is 0. The van der Waals surface area contributed by atoms with Crippen molar-refractivity contribution >= 4 is 17.5 Å². The molecule has 9 nitrogen and oxygen atoms in total. The molecule has 47 heavy (non-hydrogen) atoms. The molecule has 258 valence electrons. The first-order valence-corrected chi connectivity index (χ1v) is 15.8. The minimum atomic E-state index is -4.57. The fourth-order valence-corrected chi connectivity index (χ4v) is 4.72. The van der Waals surface area contributed by atoms with Crippen LogP contribution in [-0.2, 0) is 11.3 Å². The van der Waals surface area contributed by atoms with E-state index in [1.807, 2.05) is 59.1 Å². The Bertz CT molecular complexity index is 1550. The van der Waals surface area contributed by atoms with Gasteiger partial charge in [0.05, 0.1) is 19.4 Å². The summed E-state index contributed by atoms with van der Waals surface area (Å²) in [5.74, 6) is 1.80. The number of fused-ring (bicyclic) bond motifs is 1. The number of allylic oxidation sites excluding steroid dienone is 3. The second-order valence-electron chi connectivity index (χ2n) is 10.9.